The largest absolute Gasteiger partial charge is 0.489 e. The third-order valence-electron chi connectivity index (χ3n) is 2.95. The van der Waals surface area contributed by atoms with Crippen molar-refractivity contribution < 1.29 is 14.1 Å². The first-order valence-electron chi connectivity index (χ1n) is 6.30. The van der Waals surface area contributed by atoms with Crippen molar-refractivity contribution in [1.82, 2.24) is 0 Å². The molecule has 0 atom stereocenters. The average Bonchev–Trinajstić information content (AvgIpc) is 2.45. The number of anilines is 1. The Morgan fingerprint density at radius 2 is 2.00 bits per heavy atom. The Morgan fingerprint density at radius 3 is 2.62 bits per heavy atom. The van der Waals surface area contributed by atoms with Crippen LogP contribution >= 0.6 is 0 Å². The highest BCUT2D eigenvalue weighted by molar-refractivity contribution is 5.49. The SMILES string of the molecule is CN(C)c1cccc(OCc2ccc([N+](=O)[O-])c(F)c2)c1. The molecule has 0 heterocycles. The van der Waals surface area contributed by atoms with Gasteiger partial charge in [0.1, 0.15) is 12.4 Å². The van der Waals surface area contributed by atoms with Gasteiger partial charge in [0, 0.05) is 31.9 Å². The minimum Gasteiger partial charge on any atom is -0.489 e. The Morgan fingerprint density at radius 1 is 1.24 bits per heavy atom. The maximum Gasteiger partial charge on any atom is 0.304 e. The van der Waals surface area contributed by atoms with Crippen LogP contribution in [0, 0.1) is 15.9 Å². The van der Waals surface area contributed by atoms with Crippen molar-refractivity contribution in [1.29, 1.82) is 0 Å². The molecule has 0 saturated heterocycles. The number of ether oxygens (including phenoxy) is 1. The van der Waals surface area contributed by atoms with Gasteiger partial charge >= 0.3 is 5.69 Å². The van der Waals surface area contributed by atoms with Gasteiger partial charge in [0.15, 0.2) is 0 Å². The van der Waals surface area contributed by atoms with Gasteiger partial charge in [-0.15, -0.1) is 0 Å². The predicted molar refractivity (Wildman–Crippen MR) is 78.2 cm³/mol. The summed E-state index contributed by atoms with van der Waals surface area (Å²) in [4.78, 5) is 11.7. The lowest BCUT2D eigenvalue weighted by atomic mass is 10.2. The van der Waals surface area contributed by atoms with Crippen LogP contribution in [0.3, 0.4) is 0 Å². The summed E-state index contributed by atoms with van der Waals surface area (Å²) in [5.41, 5.74) is 0.990. The fourth-order valence-electron chi connectivity index (χ4n) is 1.81. The molecule has 0 aliphatic carbocycles. The molecule has 2 aromatic rings. The lowest BCUT2D eigenvalue weighted by molar-refractivity contribution is -0.387. The van der Waals surface area contributed by atoms with Gasteiger partial charge in [-0.25, -0.2) is 0 Å². The molecule has 6 heteroatoms. The summed E-state index contributed by atoms with van der Waals surface area (Å²) in [5.74, 6) is -0.205. The van der Waals surface area contributed by atoms with Crippen molar-refractivity contribution in [3.8, 4) is 5.75 Å². The van der Waals surface area contributed by atoms with E-state index < -0.39 is 16.4 Å². The minimum atomic E-state index is -0.858. The predicted octanol–water partition coefficient (Wildman–Crippen LogP) is 3.38. The van der Waals surface area contributed by atoms with E-state index in [0.717, 1.165) is 17.8 Å². The second-order valence-corrected chi connectivity index (χ2v) is 4.72. The fourth-order valence-corrected chi connectivity index (χ4v) is 1.81. The molecule has 0 bridgehead atoms. The molecule has 0 amide bonds. The van der Waals surface area contributed by atoms with Crippen LogP contribution in [0.15, 0.2) is 42.5 Å². The quantitative estimate of drug-likeness (QED) is 0.625. The second-order valence-electron chi connectivity index (χ2n) is 4.72. The van der Waals surface area contributed by atoms with Crippen molar-refractivity contribution in [2.45, 2.75) is 6.61 Å². The van der Waals surface area contributed by atoms with Crippen LogP contribution in [0.1, 0.15) is 5.56 Å². The number of hydrogen-bond acceptors (Lipinski definition) is 4. The van der Waals surface area contributed by atoms with Crippen molar-refractivity contribution in [2.24, 2.45) is 0 Å². The molecule has 0 spiro atoms. The monoisotopic (exact) mass is 290 g/mol. The van der Waals surface area contributed by atoms with E-state index in [0.29, 0.717) is 11.3 Å². The lowest BCUT2D eigenvalue weighted by Crippen LogP contribution is -2.08. The molecular formula is C15H15FN2O3. The zero-order chi connectivity index (χ0) is 15.4. The van der Waals surface area contributed by atoms with Crippen LogP contribution in [0.25, 0.3) is 0 Å². The summed E-state index contributed by atoms with van der Waals surface area (Å²) in [7, 11) is 3.84. The van der Waals surface area contributed by atoms with Crippen molar-refractivity contribution >= 4 is 11.4 Å². The van der Waals surface area contributed by atoms with Crippen LogP contribution in [0.4, 0.5) is 15.8 Å². The van der Waals surface area contributed by atoms with E-state index in [9.17, 15) is 14.5 Å². The van der Waals surface area contributed by atoms with E-state index in [1.165, 1.54) is 6.07 Å². The second kappa shape index (κ2) is 6.21. The Hall–Kier alpha value is -2.63. The first-order valence-corrected chi connectivity index (χ1v) is 6.30. The van der Waals surface area contributed by atoms with E-state index in [1.54, 1.807) is 6.07 Å². The normalized spacial score (nSPS) is 10.2. The first-order chi connectivity index (χ1) is 9.97. The van der Waals surface area contributed by atoms with Crippen LogP contribution in [-0.2, 0) is 6.61 Å². The molecule has 110 valence electrons. The molecule has 0 aliphatic heterocycles. The van der Waals surface area contributed by atoms with Gasteiger partial charge in [-0.3, -0.25) is 10.1 Å². The summed E-state index contributed by atoms with van der Waals surface area (Å²) >= 11 is 0. The zero-order valence-electron chi connectivity index (χ0n) is 11.7. The van der Waals surface area contributed by atoms with E-state index in [4.69, 9.17) is 4.74 Å². The fraction of sp³-hybridized carbons (Fsp3) is 0.200. The van der Waals surface area contributed by atoms with Gasteiger partial charge in [0.2, 0.25) is 5.82 Å². The van der Waals surface area contributed by atoms with Crippen LogP contribution in [0.5, 0.6) is 5.75 Å². The zero-order valence-corrected chi connectivity index (χ0v) is 11.7. The Bertz CT molecular complexity index is 659. The van der Waals surface area contributed by atoms with Gasteiger partial charge in [-0.1, -0.05) is 6.07 Å². The molecule has 0 aliphatic rings. The molecule has 0 radical (unpaired) electrons. The molecule has 21 heavy (non-hydrogen) atoms. The van der Waals surface area contributed by atoms with E-state index >= 15 is 0 Å². The molecule has 0 aromatic heterocycles. The highest BCUT2D eigenvalue weighted by Crippen LogP contribution is 2.22. The highest BCUT2D eigenvalue weighted by Gasteiger charge is 2.13. The number of benzene rings is 2. The molecule has 2 rings (SSSR count). The van der Waals surface area contributed by atoms with Crippen LogP contribution in [-0.4, -0.2) is 19.0 Å². The van der Waals surface area contributed by atoms with E-state index in [-0.39, 0.29) is 6.61 Å². The highest BCUT2D eigenvalue weighted by atomic mass is 19.1. The number of nitrogens with zero attached hydrogens (tertiary/aromatic N) is 2. The Balaban J connectivity index is 2.08. The number of nitro benzene ring substituents is 1. The Kier molecular flexibility index (Phi) is 4.37. The summed E-state index contributed by atoms with van der Waals surface area (Å²) in [6.07, 6.45) is 0. The molecule has 5 nitrogen and oxygen atoms in total. The molecule has 0 saturated carbocycles. The van der Waals surface area contributed by atoms with Gasteiger partial charge < -0.3 is 9.64 Å². The molecule has 2 aromatic carbocycles. The molecule has 0 unspecified atom stereocenters. The maximum absolute atomic E-state index is 13.5. The smallest absolute Gasteiger partial charge is 0.304 e. The van der Waals surface area contributed by atoms with E-state index in [2.05, 4.69) is 0 Å². The van der Waals surface area contributed by atoms with Crippen LogP contribution in [0.2, 0.25) is 0 Å². The minimum absolute atomic E-state index is 0.145. The number of nitro groups is 1. The van der Waals surface area contributed by atoms with Gasteiger partial charge in [0.05, 0.1) is 4.92 Å². The van der Waals surface area contributed by atoms with Gasteiger partial charge in [0.25, 0.3) is 0 Å². The topological polar surface area (TPSA) is 55.6 Å². The molecular weight excluding hydrogens is 275 g/mol. The Labute approximate surface area is 121 Å². The first kappa shape index (κ1) is 14.8. The van der Waals surface area contributed by atoms with E-state index in [1.807, 2.05) is 37.2 Å². The average molecular weight is 290 g/mol. The number of halogens is 1. The summed E-state index contributed by atoms with van der Waals surface area (Å²) in [5, 5.41) is 10.5. The van der Waals surface area contributed by atoms with Gasteiger partial charge in [-0.2, -0.15) is 4.39 Å². The van der Waals surface area contributed by atoms with Gasteiger partial charge in [-0.05, 0) is 29.8 Å². The summed E-state index contributed by atoms with van der Waals surface area (Å²) in [6, 6.07) is 11.2. The number of hydrogen-bond donors (Lipinski definition) is 0. The molecule has 0 N–H and O–H groups in total. The summed E-state index contributed by atoms with van der Waals surface area (Å²) < 4.78 is 19.1. The molecule has 0 fully saturated rings. The summed E-state index contributed by atoms with van der Waals surface area (Å²) in [6.45, 7) is 0.145. The number of rotatable bonds is 5. The lowest BCUT2D eigenvalue weighted by Gasteiger charge is -2.14. The van der Waals surface area contributed by atoms with Crippen molar-refractivity contribution in [3.63, 3.8) is 0 Å². The van der Waals surface area contributed by atoms with Crippen molar-refractivity contribution in [3.05, 3.63) is 64.0 Å². The van der Waals surface area contributed by atoms with Crippen LogP contribution < -0.4 is 9.64 Å². The maximum atomic E-state index is 13.5. The van der Waals surface area contributed by atoms with Crippen molar-refractivity contribution in [2.75, 3.05) is 19.0 Å². The third kappa shape index (κ3) is 3.68. The third-order valence-corrected chi connectivity index (χ3v) is 2.95. The standard InChI is InChI=1S/C15H15FN2O3/c1-17(2)12-4-3-5-13(9-12)21-10-11-6-7-15(18(19)20)14(16)8-11/h3-9H,10H2,1-2H3.